The van der Waals surface area contributed by atoms with Crippen molar-refractivity contribution in [2.24, 2.45) is 0 Å². The largest absolute Gasteiger partial charge is 0.457 e. The van der Waals surface area contributed by atoms with Crippen molar-refractivity contribution in [3.63, 3.8) is 0 Å². The molecule has 0 atom stereocenters. The van der Waals surface area contributed by atoms with E-state index in [4.69, 9.17) is 10.5 Å². The second kappa shape index (κ2) is 7.50. The minimum absolute atomic E-state index is 0.164. The van der Waals surface area contributed by atoms with Crippen LogP contribution in [0.4, 0.5) is 5.69 Å². The van der Waals surface area contributed by atoms with Crippen molar-refractivity contribution in [2.75, 3.05) is 12.3 Å². The summed E-state index contributed by atoms with van der Waals surface area (Å²) in [5, 5.41) is 2.89. The quantitative estimate of drug-likeness (QED) is 0.628. The lowest BCUT2D eigenvalue weighted by Crippen LogP contribution is -2.24. The van der Waals surface area contributed by atoms with Gasteiger partial charge in [0, 0.05) is 12.2 Å². The summed E-state index contributed by atoms with van der Waals surface area (Å²) in [6.07, 6.45) is 1.98. The molecular formula is C18H22N2O2. The summed E-state index contributed by atoms with van der Waals surface area (Å²) in [4.78, 5) is 12.3. The molecular weight excluding hydrogens is 276 g/mol. The van der Waals surface area contributed by atoms with Crippen molar-refractivity contribution in [1.29, 1.82) is 0 Å². The fraction of sp³-hybridized carbons (Fsp3) is 0.278. The number of carbonyl (C=O) groups is 1. The van der Waals surface area contributed by atoms with Gasteiger partial charge in [0.2, 0.25) is 0 Å². The second-order valence-electron chi connectivity index (χ2n) is 5.28. The van der Waals surface area contributed by atoms with E-state index in [9.17, 15) is 4.79 Å². The van der Waals surface area contributed by atoms with Crippen LogP contribution in [0, 0.1) is 6.92 Å². The highest BCUT2D eigenvalue weighted by Gasteiger charge is 2.13. The highest BCUT2D eigenvalue weighted by molar-refractivity contribution is 5.97. The number of carbonyl (C=O) groups excluding carboxylic acids is 1. The molecule has 4 heteroatoms. The average Bonchev–Trinajstić information content (AvgIpc) is 2.51. The summed E-state index contributed by atoms with van der Waals surface area (Å²) in [5.41, 5.74) is 7.95. The Hall–Kier alpha value is -2.49. The van der Waals surface area contributed by atoms with Crippen molar-refractivity contribution in [3.8, 4) is 11.5 Å². The number of unbranched alkanes of at least 4 members (excludes halogenated alkanes) is 1. The highest BCUT2D eigenvalue weighted by Crippen LogP contribution is 2.27. The number of anilines is 1. The molecule has 0 saturated carbocycles. The number of ether oxygens (including phenoxy) is 1. The number of benzene rings is 2. The molecule has 0 aliphatic heterocycles. The molecule has 0 unspecified atom stereocenters. The van der Waals surface area contributed by atoms with E-state index in [0.717, 1.165) is 18.4 Å². The summed E-state index contributed by atoms with van der Waals surface area (Å²) in [6, 6.07) is 12.8. The van der Waals surface area contributed by atoms with Gasteiger partial charge in [0.15, 0.2) is 0 Å². The van der Waals surface area contributed by atoms with Crippen LogP contribution in [0.3, 0.4) is 0 Å². The summed E-state index contributed by atoms with van der Waals surface area (Å²) >= 11 is 0. The van der Waals surface area contributed by atoms with Crippen LogP contribution in [0.1, 0.15) is 35.7 Å². The highest BCUT2D eigenvalue weighted by atomic mass is 16.5. The van der Waals surface area contributed by atoms with Gasteiger partial charge in [-0.25, -0.2) is 0 Å². The third-order valence-corrected chi connectivity index (χ3v) is 3.31. The van der Waals surface area contributed by atoms with Gasteiger partial charge < -0.3 is 15.8 Å². The lowest BCUT2D eigenvalue weighted by Gasteiger charge is -2.12. The zero-order chi connectivity index (χ0) is 15.9. The molecule has 0 aliphatic rings. The van der Waals surface area contributed by atoms with Gasteiger partial charge in [-0.15, -0.1) is 0 Å². The molecule has 0 saturated heterocycles. The first kappa shape index (κ1) is 15.9. The standard InChI is InChI=1S/C18H22N2O2/c1-3-4-11-20-18(21)16-12-14(19)7-10-17(16)22-15-8-5-13(2)6-9-15/h5-10,12H,3-4,11,19H2,1-2H3,(H,20,21). The predicted octanol–water partition coefficient (Wildman–Crippen LogP) is 3.90. The maximum atomic E-state index is 12.3. The van der Waals surface area contributed by atoms with E-state index >= 15 is 0 Å². The van der Waals surface area contributed by atoms with Gasteiger partial charge in [0.25, 0.3) is 5.91 Å². The zero-order valence-electron chi connectivity index (χ0n) is 13.1. The number of aryl methyl sites for hydroxylation is 1. The molecule has 22 heavy (non-hydrogen) atoms. The normalized spacial score (nSPS) is 10.3. The number of amides is 1. The van der Waals surface area contributed by atoms with Gasteiger partial charge in [-0.1, -0.05) is 31.0 Å². The molecule has 116 valence electrons. The summed E-state index contributed by atoms with van der Waals surface area (Å²) < 4.78 is 5.83. The van der Waals surface area contributed by atoms with E-state index in [1.54, 1.807) is 18.2 Å². The fourth-order valence-electron chi connectivity index (χ4n) is 2.02. The van der Waals surface area contributed by atoms with Crippen LogP contribution in [0.15, 0.2) is 42.5 Å². The number of nitrogens with one attached hydrogen (secondary N) is 1. The van der Waals surface area contributed by atoms with E-state index in [1.165, 1.54) is 0 Å². The second-order valence-corrected chi connectivity index (χ2v) is 5.28. The molecule has 3 N–H and O–H groups in total. The van der Waals surface area contributed by atoms with Crippen LogP contribution in [0.25, 0.3) is 0 Å². The topological polar surface area (TPSA) is 64.4 Å². The molecule has 0 radical (unpaired) electrons. The van der Waals surface area contributed by atoms with E-state index in [2.05, 4.69) is 12.2 Å². The van der Waals surface area contributed by atoms with Gasteiger partial charge in [0.1, 0.15) is 11.5 Å². The van der Waals surface area contributed by atoms with Crippen LogP contribution < -0.4 is 15.8 Å². The molecule has 4 nitrogen and oxygen atoms in total. The van der Waals surface area contributed by atoms with E-state index in [-0.39, 0.29) is 5.91 Å². The number of hydrogen-bond acceptors (Lipinski definition) is 3. The van der Waals surface area contributed by atoms with E-state index < -0.39 is 0 Å². The maximum Gasteiger partial charge on any atom is 0.255 e. The number of nitrogen functional groups attached to an aromatic ring is 1. The van der Waals surface area contributed by atoms with Crippen molar-refractivity contribution >= 4 is 11.6 Å². The lowest BCUT2D eigenvalue weighted by atomic mass is 10.1. The molecule has 0 aromatic heterocycles. The molecule has 2 aromatic rings. The Labute approximate surface area is 131 Å². The Morgan fingerprint density at radius 3 is 2.59 bits per heavy atom. The van der Waals surface area contributed by atoms with Gasteiger partial charge in [-0.2, -0.15) is 0 Å². The third-order valence-electron chi connectivity index (χ3n) is 3.31. The van der Waals surface area contributed by atoms with Crippen molar-refractivity contribution < 1.29 is 9.53 Å². The minimum Gasteiger partial charge on any atom is -0.457 e. The summed E-state index contributed by atoms with van der Waals surface area (Å²) in [5.74, 6) is 1.04. The Morgan fingerprint density at radius 1 is 1.18 bits per heavy atom. The first-order valence-electron chi connectivity index (χ1n) is 7.52. The van der Waals surface area contributed by atoms with Crippen LogP contribution in [-0.4, -0.2) is 12.5 Å². The Balaban J connectivity index is 2.19. The van der Waals surface area contributed by atoms with Gasteiger partial charge in [-0.3, -0.25) is 4.79 Å². The summed E-state index contributed by atoms with van der Waals surface area (Å²) in [7, 11) is 0. The first-order valence-corrected chi connectivity index (χ1v) is 7.52. The number of rotatable bonds is 6. The Morgan fingerprint density at radius 2 is 1.91 bits per heavy atom. The van der Waals surface area contributed by atoms with Crippen LogP contribution in [0.2, 0.25) is 0 Å². The summed E-state index contributed by atoms with van der Waals surface area (Å²) in [6.45, 7) is 4.74. The van der Waals surface area contributed by atoms with Crippen molar-refractivity contribution in [2.45, 2.75) is 26.7 Å². The first-order chi connectivity index (χ1) is 10.6. The Bertz CT molecular complexity index is 636. The molecule has 0 bridgehead atoms. The van der Waals surface area contributed by atoms with Crippen LogP contribution >= 0.6 is 0 Å². The monoisotopic (exact) mass is 298 g/mol. The Kier molecular flexibility index (Phi) is 5.42. The number of hydrogen-bond donors (Lipinski definition) is 2. The molecule has 0 spiro atoms. The maximum absolute atomic E-state index is 12.3. The van der Waals surface area contributed by atoms with Crippen LogP contribution in [0.5, 0.6) is 11.5 Å². The smallest absolute Gasteiger partial charge is 0.255 e. The number of nitrogens with two attached hydrogens (primary N) is 1. The van der Waals surface area contributed by atoms with Gasteiger partial charge in [0.05, 0.1) is 5.56 Å². The van der Waals surface area contributed by atoms with Crippen molar-refractivity contribution in [3.05, 3.63) is 53.6 Å². The van der Waals surface area contributed by atoms with E-state index in [1.807, 2.05) is 31.2 Å². The fourth-order valence-corrected chi connectivity index (χ4v) is 2.02. The minimum atomic E-state index is -0.164. The predicted molar refractivity (Wildman–Crippen MR) is 89.3 cm³/mol. The molecule has 0 heterocycles. The van der Waals surface area contributed by atoms with Crippen LogP contribution in [-0.2, 0) is 0 Å². The lowest BCUT2D eigenvalue weighted by molar-refractivity contribution is 0.0951. The van der Waals surface area contributed by atoms with Crippen molar-refractivity contribution in [1.82, 2.24) is 5.32 Å². The molecule has 1 amide bonds. The zero-order valence-corrected chi connectivity index (χ0v) is 13.1. The average molecular weight is 298 g/mol. The molecule has 0 aliphatic carbocycles. The third kappa shape index (κ3) is 4.25. The van der Waals surface area contributed by atoms with Gasteiger partial charge >= 0.3 is 0 Å². The molecule has 2 aromatic carbocycles. The molecule has 0 fully saturated rings. The van der Waals surface area contributed by atoms with Gasteiger partial charge in [-0.05, 0) is 43.7 Å². The SMILES string of the molecule is CCCCNC(=O)c1cc(N)ccc1Oc1ccc(C)cc1. The molecule has 2 rings (SSSR count). The van der Waals surface area contributed by atoms with E-state index in [0.29, 0.717) is 29.3 Å².